The molecule has 1 amide bonds. The molecule has 1 aromatic carbocycles. The molecule has 0 radical (unpaired) electrons. The second-order valence-electron chi connectivity index (χ2n) is 6.34. The Morgan fingerprint density at radius 3 is 2.23 bits per heavy atom. The summed E-state index contributed by atoms with van der Waals surface area (Å²) in [5.74, 6) is -0.0750. The van der Waals surface area contributed by atoms with Crippen molar-refractivity contribution < 1.29 is 27.5 Å². The maximum Gasteiger partial charge on any atom is 0.309 e. The van der Waals surface area contributed by atoms with Crippen molar-refractivity contribution in [3.05, 3.63) is 24.3 Å². The summed E-state index contributed by atoms with van der Waals surface area (Å²) in [6.45, 7) is 0.679. The number of esters is 1. The first-order chi connectivity index (χ1) is 12.4. The number of sulfonamides is 1. The van der Waals surface area contributed by atoms with E-state index in [4.69, 9.17) is 9.47 Å². The molecule has 2 aliphatic rings. The van der Waals surface area contributed by atoms with Gasteiger partial charge in [0.05, 0.1) is 17.9 Å². The molecule has 2 fully saturated rings. The van der Waals surface area contributed by atoms with Crippen LogP contribution in [0.4, 0.5) is 0 Å². The second-order valence-corrected chi connectivity index (χ2v) is 8.28. The summed E-state index contributed by atoms with van der Waals surface area (Å²) in [5.41, 5.74) is 0. The summed E-state index contributed by atoms with van der Waals surface area (Å²) in [6.07, 6.45) is 1.66. The first-order valence-electron chi connectivity index (χ1n) is 8.50. The number of amides is 1. The minimum Gasteiger partial charge on any atom is -0.497 e. The number of benzene rings is 1. The van der Waals surface area contributed by atoms with Crippen LogP contribution in [-0.4, -0.2) is 69.4 Å². The molecule has 3 rings (SSSR count). The molecule has 1 saturated heterocycles. The number of hydrogen-bond acceptors (Lipinski definition) is 6. The number of rotatable bonds is 6. The van der Waals surface area contributed by atoms with E-state index in [1.54, 1.807) is 12.1 Å². The third-order valence-corrected chi connectivity index (χ3v) is 6.45. The SMILES string of the molecule is COc1ccc(S(=O)(=O)N2CCN(C(=O)COC(=O)C3CC3)CC2)cc1. The second kappa shape index (κ2) is 7.63. The van der Waals surface area contributed by atoms with Gasteiger partial charge in [0.15, 0.2) is 6.61 Å². The van der Waals surface area contributed by atoms with Gasteiger partial charge in [0.1, 0.15) is 5.75 Å². The molecular weight excluding hydrogens is 360 g/mol. The number of methoxy groups -OCH3 is 1. The van der Waals surface area contributed by atoms with E-state index in [1.807, 2.05) is 0 Å². The average molecular weight is 382 g/mol. The Balaban J connectivity index is 1.53. The number of ether oxygens (including phenoxy) is 2. The molecular formula is C17H22N2O6S. The molecule has 1 saturated carbocycles. The van der Waals surface area contributed by atoms with Crippen molar-refractivity contribution in [2.45, 2.75) is 17.7 Å². The van der Waals surface area contributed by atoms with E-state index >= 15 is 0 Å². The van der Waals surface area contributed by atoms with Crippen molar-refractivity contribution in [1.82, 2.24) is 9.21 Å². The molecule has 1 heterocycles. The molecule has 9 heteroatoms. The Kier molecular flexibility index (Phi) is 5.47. The van der Waals surface area contributed by atoms with Crippen LogP contribution in [0, 0.1) is 5.92 Å². The molecule has 0 bridgehead atoms. The molecule has 1 aliphatic carbocycles. The molecule has 0 spiro atoms. The van der Waals surface area contributed by atoms with E-state index in [-0.39, 0.29) is 55.5 Å². The van der Waals surface area contributed by atoms with E-state index < -0.39 is 10.0 Å². The van der Waals surface area contributed by atoms with Gasteiger partial charge < -0.3 is 14.4 Å². The highest BCUT2D eigenvalue weighted by Gasteiger charge is 2.33. The van der Waals surface area contributed by atoms with Crippen LogP contribution in [0.15, 0.2) is 29.2 Å². The van der Waals surface area contributed by atoms with Crippen LogP contribution in [-0.2, 0) is 24.3 Å². The standard InChI is InChI=1S/C17H22N2O6S/c1-24-14-4-6-15(7-5-14)26(22,23)19-10-8-18(9-11-19)16(20)12-25-17(21)13-2-3-13/h4-7,13H,2-3,8-12H2,1H3. The van der Waals surface area contributed by atoms with Gasteiger partial charge in [0, 0.05) is 26.2 Å². The first kappa shape index (κ1) is 18.7. The summed E-state index contributed by atoms with van der Waals surface area (Å²) < 4.78 is 36.7. The van der Waals surface area contributed by atoms with E-state index in [1.165, 1.54) is 28.4 Å². The average Bonchev–Trinajstić information content (AvgIpc) is 3.51. The fourth-order valence-corrected chi connectivity index (χ4v) is 4.16. The topological polar surface area (TPSA) is 93.2 Å². The minimum absolute atomic E-state index is 0.0470. The Bertz CT molecular complexity index is 765. The van der Waals surface area contributed by atoms with Crippen LogP contribution in [0.2, 0.25) is 0 Å². The van der Waals surface area contributed by atoms with Crippen LogP contribution in [0.25, 0.3) is 0 Å². The zero-order valence-corrected chi connectivity index (χ0v) is 15.4. The lowest BCUT2D eigenvalue weighted by Crippen LogP contribution is -2.51. The molecule has 26 heavy (non-hydrogen) atoms. The third-order valence-electron chi connectivity index (χ3n) is 4.54. The Morgan fingerprint density at radius 2 is 1.69 bits per heavy atom. The van der Waals surface area contributed by atoms with Crippen LogP contribution < -0.4 is 4.74 Å². The Morgan fingerprint density at radius 1 is 1.08 bits per heavy atom. The normalized spacial score (nSPS) is 18.4. The predicted molar refractivity (Wildman–Crippen MR) is 92.0 cm³/mol. The van der Waals surface area contributed by atoms with Gasteiger partial charge in [-0.05, 0) is 37.1 Å². The maximum atomic E-state index is 12.7. The van der Waals surface area contributed by atoms with Gasteiger partial charge in [-0.25, -0.2) is 8.42 Å². The number of piperazine rings is 1. The van der Waals surface area contributed by atoms with Crippen LogP contribution in [0.5, 0.6) is 5.75 Å². The minimum atomic E-state index is -3.61. The van der Waals surface area contributed by atoms with E-state index in [0.717, 1.165) is 12.8 Å². The maximum absolute atomic E-state index is 12.7. The van der Waals surface area contributed by atoms with Crippen molar-refractivity contribution in [3.63, 3.8) is 0 Å². The summed E-state index contributed by atoms with van der Waals surface area (Å²) >= 11 is 0. The van der Waals surface area contributed by atoms with Crippen molar-refractivity contribution in [2.24, 2.45) is 5.92 Å². The smallest absolute Gasteiger partial charge is 0.309 e. The zero-order valence-electron chi connectivity index (χ0n) is 14.6. The van der Waals surface area contributed by atoms with Gasteiger partial charge in [-0.1, -0.05) is 0 Å². The molecule has 1 aliphatic heterocycles. The lowest BCUT2D eigenvalue weighted by atomic mass is 10.3. The van der Waals surface area contributed by atoms with Gasteiger partial charge in [-0.3, -0.25) is 9.59 Å². The molecule has 0 aromatic heterocycles. The summed E-state index contributed by atoms with van der Waals surface area (Å²) in [4.78, 5) is 25.3. The van der Waals surface area contributed by atoms with Gasteiger partial charge in [-0.2, -0.15) is 4.31 Å². The highest BCUT2D eigenvalue weighted by atomic mass is 32.2. The van der Waals surface area contributed by atoms with Gasteiger partial charge in [0.25, 0.3) is 5.91 Å². The van der Waals surface area contributed by atoms with E-state index in [9.17, 15) is 18.0 Å². The molecule has 1 aromatic rings. The number of nitrogens with zero attached hydrogens (tertiary/aromatic N) is 2. The van der Waals surface area contributed by atoms with Gasteiger partial charge in [-0.15, -0.1) is 0 Å². The quantitative estimate of drug-likeness (QED) is 0.665. The summed E-state index contributed by atoms with van der Waals surface area (Å²) in [7, 11) is -2.09. The first-order valence-corrected chi connectivity index (χ1v) is 9.94. The molecule has 0 atom stereocenters. The van der Waals surface area contributed by atoms with Crippen molar-refractivity contribution in [3.8, 4) is 5.75 Å². The van der Waals surface area contributed by atoms with Crippen molar-refractivity contribution in [2.75, 3.05) is 39.9 Å². The monoisotopic (exact) mass is 382 g/mol. The Hall–Kier alpha value is -2.13. The van der Waals surface area contributed by atoms with Gasteiger partial charge in [0.2, 0.25) is 10.0 Å². The number of hydrogen-bond donors (Lipinski definition) is 0. The fraction of sp³-hybridized carbons (Fsp3) is 0.529. The summed E-state index contributed by atoms with van der Waals surface area (Å²) in [6, 6.07) is 6.20. The van der Waals surface area contributed by atoms with E-state index in [2.05, 4.69) is 0 Å². The van der Waals surface area contributed by atoms with Gasteiger partial charge >= 0.3 is 5.97 Å². The van der Waals surface area contributed by atoms with E-state index in [0.29, 0.717) is 5.75 Å². The molecule has 8 nitrogen and oxygen atoms in total. The fourth-order valence-electron chi connectivity index (χ4n) is 2.74. The van der Waals surface area contributed by atoms with Crippen LogP contribution >= 0.6 is 0 Å². The highest BCUT2D eigenvalue weighted by molar-refractivity contribution is 7.89. The summed E-state index contributed by atoms with van der Waals surface area (Å²) in [5, 5.41) is 0. The number of carbonyl (C=O) groups is 2. The third kappa shape index (κ3) is 4.16. The highest BCUT2D eigenvalue weighted by Crippen LogP contribution is 2.30. The Labute approximate surface area is 152 Å². The molecule has 0 N–H and O–H groups in total. The van der Waals surface area contributed by atoms with Crippen molar-refractivity contribution in [1.29, 1.82) is 0 Å². The predicted octanol–water partition coefficient (Wildman–Crippen LogP) is 0.481. The zero-order chi connectivity index (χ0) is 18.7. The number of carbonyl (C=O) groups excluding carboxylic acids is 2. The largest absolute Gasteiger partial charge is 0.497 e. The van der Waals surface area contributed by atoms with Crippen LogP contribution in [0.1, 0.15) is 12.8 Å². The molecule has 142 valence electrons. The van der Waals surface area contributed by atoms with Crippen molar-refractivity contribution >= 4 is 21.9 Å². The lowest BCUT2D eigenvalue weighted by Gasteiger charge is -2.33. The molecule has 0 unspecified atom stereocenters. The lowest BCUT2D eigenvalue weighted by molar-refractivity contribution is -0.153. The van der Waals surface area contributed by atoms with Crippen LogP contribution in [0.3, 0.4) is 0 Å².